The molecule has 1 amide bonds. The molecule has 1 aromatic heterocycles. The predicted molar refractivity (Wildman–Crippen MR) is 60.0 cm³/mol. The van der Waals surface area contributed by atoms with Gasteiger partial charge in [-0.3, -0.25) is 9.78 Å². The van der Waals surface area contributed by atoms with Crippen LogP contribution in [0.5, 0.6) is 0 Å². The number of primary amides is 1. The Bertz CT molecular complexity index is 552. The number of nitrogens with two attached hydrogens (primary N) is 1. The van der Waals surface area contributed by atoms with Crippen LogP contribution in [0, 0.1) is 6.92 Å². The lowest BCUT2D eigenvalue weighted by Gasteiger charge is -2.06. The largest absolute Gasteiger partial charge is 0.366 e. The Labute approximate surface area is 91.9 Å². The van der Waals surface area contributed by atoms with E-state index >= 15 is 0 Å². The van der Waals surface area contributed by atoms with Crippen molar-refractivity contribution >= 4 is 28.4 Å². The zero-order chi connectivity index (χ0) is 11.0. The number of hydrogen-bond donors (Lipinski definition) is 1. The average molecular weight is 221 g/mol. The Morgan fingerprint density at radius 2 is 2.20 bits per heavy atom. The lowest BCUT2D eigenvalue weighted by atomic mass is 10.1. The van der Waals surface area contributed by atoms with Crippen molar-refractivity contribution in [3.63, 3.8) is 0 Å². The van der Waals surface area contributed by atoms with E-state index in [0.29, 0.717) is 16.1 Å². The summed E-state index contributed by atoms with van der Waals surface area (Å²) in [6.07, 6.45) is 1.46. The van der Waals surface area contributed by atoms with Gasteiger partial charge >= 0.3 is 0 Å². The van der Waals surface area contributed by atoms with Crippen molar-refractivity contribution in [2.24, 2.45) is 5.73 Å². The molecule has 3 nitrogen and oxygen atoms in total. The van der Waals surface area contributed by atoms with Crippen LogP contribution in [0.15, 0.2) is 24.4 Å². The normalized spacial score (nSPS) is 10.5. The van der Waals surface area contributed by atoms with Crippen LogP contribution in [0.3, 0.4) is 0 Å². The maximum Gasteiger partial charge on any atom is 0.250 e. The highest BCUT2D eigenvalue weighted by Crippen LogP contribution is 2.25. The van der Waals surface area contributed by atoms with Crippen LogP contribution in [0.2, 0.25) is 5.02 Å². The summed E-state index contributed by atoms with van der Waals surface area (Å²) < 4.78 is 0. The Balaban J connectivity index is 2.86. The predicted octanol–water partition coefficient (Wildman–Crippen LogP) is 2.30. The number of aromatic nitrogens is 1. The second-order valence-electron chi connectivity index (χ2n) is 3.30. The molecule has 0 aliphatic carbocycles. The highest BCUT2D eigenvalue weighted by atomic mass is 35.5. The Morgan fingerprint density at radius 3 is 2.87 bits per heavy atom. The van der Waals surface area contributed by atoms with E-state index in [2.05, 4.69) is 4.98 Å². The van der Waals surface area contributed by atoms with Crippen molar-refractivity contribution in [3.05, 3.63) is 40.5 Å². The zero-order valence-electron chi connectivity index (χ0n) is 8.12. The van der Waals surface area contributed by atoms with Crippen molar-refractivity contribution in [2.75, 3.05) is 0 Å². The van der Waals surface area contributed by atoms with Crippen molar-refractivity contribution < 1.29 is 4.79 Å². The van der Waals surface area contributed by atoms with Gasteiger partial charge in [0.05, 0.1) is 16.1 Å². The van der Waals surface area contributed by atoms with E-state index in [1.165, 1.54) is 6.20 Å². The molecule has 4 heteroatoms. The fourth-order valence-electron chi connectivity index (χ4n) is 1.57. The zero-order valence-corrected chi connectivity index (χ0v) is 8.88. The summed E-state index contributed by atoms with van der Waals surface area (Å²) in [5.74, 6) is -0.470. The van der Waals surface area contributed by atoms with Crippen molar-refractivity contribution in [1.29, 1.82) is 0 Å². The van der Waals surface area contributed by atoms with E-state index in [-0.39, 0.29) is 0 Å². The molecule has 15 heavy (non-hydrogen) atoms. The van der Waals surface area contributed by atoms with Gasteiger partial charge < -0.3 is 5.73 Å². The number of carbonyl (C=O) groups excluding carboxylic acids is 1. The molecule has 1 heterocycles. The highest BCUT2D eigenvalue weighted by molar-refractivity contribution is 6.35. The average Bonchev–Trinajstić information content (AvgIpc) is 2.19. The first-order chi connectivity index (χ1) is 7.11. The molecule has 0 radical (unpaired) electrons. The van der Waals surface area contributed by atoms with Gasteiger partial charge in [-0.2, -0.15) is 0 Å². The van der Waals surface area contributed by atoms with Crippen molar-refractivity contribution in [3.8, 4) is 0 Å². The topological polar surface area (TPSA) is 56.0 Å². The number of para-hydroxylation sites is 1. The summed E-state index contributed by atoms with van der Waals surface area (Å²) in [6.45, 7) is 1.83. The van der Waals surface area contributed by atoms with Gasteiger partial charge in [0.25, 0.3) is 5.91 Å². The second-order valence-corrected chi connectivity index (χ2v) is 3.70. The van der Waals surface area contributed by atoms with Gasteiger partial charge in [-0.25, -0.2) is 0 Å². The van der Waals surface area contributed by atoms with E-state index in [1.807, 2.05) is 19.1 Å². The number of pyridine rings is 1. The molecular weight excluding hydrogens is 212 g/mol. The minimum absolute atomic E-state index is 0.435. The summed E-state index contributed by atoms with van der Waals surface area (Å²) in [7, 11) is 0. The minimum atomic E-state index is -0.470. The van der Waals surface area contributed by atoms with E-state index < -0.39 is 5.91 Å². The highest BCUT2D eigenvalue weighted by Gasteiger charge is 2.10. The quantitative estimate of drug-likeness (QED) is 0.802. The molecule has 0 unspecified atom stereocenters. The van der Waals surface area contributed by atoms with Crippen LogP contribution >= 0.6 is 11.6 Å². The molecule has 1 aromatic carbocycles. The van der Waals surface area contributed by atoms with Gasteiger partial charge in [0.2, 0.25) is 0 Å². The van der Waals surface area contributed by atoms with Gasteiger partial charge in [0.1, 0.15) is 0 Å². The van der Waals surface area contributed by atoms with E-state index in [0.717, 1.165) is 10.9 Å². The molecule has 0 atom stereocenters. The van der Waals surface area contributed by atoms with Crippen molar-refractivity contribution in [2.45, 2.75) is 6.92 Å². The molecule has 0 fully saturated rings. The molecule has 76 valence electrons. The number of hydrogen-bond acceptors (Lipinski definition) is 2. The van der Waals surface area contributed by atoms with E-state index in [9.17, 15) is 4.79 Å². The van der Waals surface area contributed by atoms with Crippen molar-refractivity contribution in [1.82, 2.24) is 4.98 Å². The molecule has 2 N–H and O–H groups in total. The van der Waals surface area contributed by atoms with Gasteiger partial charge in [-0.05, 0) is 18.6 Å². The standard InChI is InChI=1S/C11H9ClN2O/c1-6-7-3-2-4-9(12)10(7)14-5-8(6)11(13)15/h2-5H,1H3,(H2,13,15). The maximum absolute atomic E-state index is 11.1. The first-order valence-electron chi connectivity index (χ1n) is 4.45. The lowest BCUT2D eigenvalue weighted by Crippen LogP contribution is -2.13. The summed E-state index contributed by atoms with van der Waals surface area (Å²) in [4.78, 5) is 15.2. The number of amides is 1. The smallest absolute Gasteiger partial charge is 0.250 e. The number of carbonyl (C=O) groups is 1. The number of benzene rings is 1. The Morgan fingerprint density at radius 1 is 1.47 bits per heavy atom. The van der Waals surface area contributed by atoms with Crippen LogP contribution < -0.4 is 5.73 Å². The number of rotatable bonds is 1. The first kappa shape index (κ1) is 9.93. The van der Waals surface area contributed by atoms with Gasteiger partial charge in [-0.15, -0.1) is 0 Å². The fraction of sp³-hybridized carbons (Fsp3) is 0.0909. The number of fused-ring (bicyclic) bond motifs is 1. The monoisotopic (exact) mass is 220 g/mol. The van der Waals surface area contributed by atoms with E-state index in [1.54, 1.807) is 6.07 Å². The van der Waals surface area contributed by atoms with Gasteiger partial charge in [-0.1, -0.05) is 23.7 Å². The number of aryl methyl sites for hydroxylation is 1. The molecular formula is C11H9ClN2O. The Kier molecular flexibility index (Phi) is 2.32. The van der Waals surface area contributed by atoms with E-state index in [4.69, 9.17) is 17.3 Å². The van der Waals surface area contributed by atoms with Crippen LogP contribution in [0.1, 0.15) is 15.9 Å². The van der Waals surface area contributed by atoms with Crippen LogP contribution in [-0.4, -0.2) is 10.9 Å². The summed E-state index contributed by atoms with van der Waals surface area (Å²) in [5, 5.41) is 1.44. The second kappa shape index (κ2) is 3.51. The molecule has 0 spiro atoms. The van der Waals surface area contributed by atoms with Crippen LogP contribution in [0.4, 0.5) is 0 Å². The third-order valence-electron chi connectivity index (χ3n) is 2.38. The Hall–Kier alpha value is -1.61. The maximum atomic E-state index is 11.1. The summed E-state index contributed by atoms with van der Waals surface area (Å²) >= 11 is 5.98. The third kappa shape index (κ3) is 1.55. The fourth-order valence-corrected chi connectivity index (χ4v) is 1.79. The minimum Gasteiger partial charge on any atom is -0.366 e. The molecule has 0 aliphatic heterocycles. The van der Waals surface area contributed by atoms with Crippen LogP contribution in [0.25, 0.3) is 10.9 Å². The summed E-state index contributed by atoms with van der Waals surface area (Å²) in [6, 6.07) is 5.46. The molecule has 0 bridgehead atoms. The molecule has 0 aliphatic rings. The molecule has 2 aromatic rings. The number of nitrogens with zero attached hydrogens (tertiary/aromatic N) is 1. The first-order valence-corrected chi connectivity index (χ1v) is 4.82. The molecule has 0 saturated heterocycles. The van der Waals surface area contributed by atoms with Crippen LogP contribution in [-0.2, 0) is 0 Å². The summed E-state index contributed by atoms with van der Waals surface area (Å²) in [5.41, 5.74) is 7.18. The SMILES string of the molecule is Cc1c(C(N)=O)cnc2c(Cl)cccc12. The third-order valence-corrected chi connectivity index (χ3v) is 2.69. The molecule has 0 saturated carbocycles. The van der Waals surface area contributed by atoms with Gasteiger partial charge in [0.15, 0.2) is 0 Å². The van der Waals surface area contributed by atoms with Gasteiger partial charge in [0, 0.05) is 11.6 Å². The molecule has 2 rings (SSSR count). The number of halogens is 1. The lowest BCUT2D eigenvalue weighted by molar-refractivity contribution is 0.0999.